The van der Waals surface area contributed by atoms with Gasteiger partial charge in [0.05, 0.1) is 19.3 Å². The lowest BCUT2D eigenvalue weighted by atomic mass is 9.93. The monoisotopic (exact) mass is 213 g/mol. The number of halogens is 1. The van der Waals surface area contributed by atoms with Gasteiger partial charge in [0.2, 0.25) is 0 Å². The van der Waals surface area contributed by atoms with Crippen LogP contribution in [0.25, 0.3) is 0 Å². The van der Waals surface area contributed by atoms with Crippen molar-refractivity contribution < 1.29 is 13.9 Å². The first-order chi connectivity index (χ1) is 7.01. The van der Waals surface area contributed by atoms with Crippen LogP contribution in [0.3, 0.4) is 0 Å². The quantitative estimate of drug-likeness (QED) is 0.827. The molecule has 0 radical (unpaired) electrons. The summed E-state index contributed by atoms with van der Waals surface area (Å²) in [5.74, 6) is 0.0980. The van der Waals surface area contributed by atoms with Gasteiger partial charge in [0.25, 0.3) is 0 Å². The molecule has 0 bridgehead atoms. The molecule has 4 heteroatoms. The maximum atomic E-state index is 13.6. The van der Waals surface area contributed by atoms with Gasteiger partial charge in [0, 0.05) is 18.7 Å². The molecule has 15 heavy (non-hydrogen) atoms. The predicted octanol–water partition coefficient (Wildman–Crippen LogP) is 1.65. The molecular formula is C11H16FNO2. The van der Waals surface area contributed by atoms with E-state index in [-0.39, 0.29) is 12.4 Å². The van der Waals surface area contributed by atoms with Gasteiger partial charge in [-0.1, -0.05) is 6.07 Å². The van der Waals surface area contributed by atoms with E-state index in [2.05, 4.69) is 0 Å². The Morgan fingerprint density at radius 3 is 2.53 bits per heavy atom. The molecule has 3 nitrogen and oxygen atoms in total. The normalized spacial score (nSPS) is 14.7. The zero-order valence-electron chi connectivity index (χ0n) is 9.21. The molecule has 0 aliphatic rings. The van der Waals surface area contributed by atoms with E-state index in [1.54, 1.807) is 19.1 Å². The Kier molecular flexibility index (Phi) is 3.66. The molecule has 0 heterocycles. The molecule has 1 atom stereocenters. The molecule has 0 amide bonds. The van der Waals surface area contributed by atoms with E-state index >= 15 is 0 Å². The fourth-order valence-electron chi connectivity index (χ4n) is 1.46. The van der Waals surface area contributed by atoms with Crippen LogP contribution < -0.4 is 10.5 Å². The van der Waals surface area contributed by atoms with E-state index in [1.807, 2.05) is 0 Å². The second-order valence-electron chi connectivity index (χ2n) is 3.70. The van der Waals surface area contributed by atoms with Crippen molar-refractivity contribution in [3.05, 3.63) is 29.6 Å². The SMILES string of the molecule is COCC(C)(N)c1ccc(OC)cc1F. The smallest absolute Gasteiger partial charge is 0.132 e. The van der Waals surface area contributed by atoms with Crippen LogP contribution in [-0.2, 0) is 10.3 Å². The molecule has 84 valence electrons. The molecule has 0 aliphatic heterocycles. The Balaban J connectivity index is 3.04. The number of hydrogen-bond donors (Lipinski definition) is 1. The van der Waals surface area contributed by atoms with E-state index in [1.165, 1.54) is 20.3 Å². The molecule has 0 saturated heterocycles. The van der Waals surface area contributed by atoms with Crippen molar-refractivity contribution in [2.45, 2.75) is 12.5 Å². The third-order valence-corrected chi connectivity index (χ3v) is 2.24. The van der Waals surface area contributed by atoms with E-state index in [4.69, 9.17) is 15.2 Å². The fourth-order valence-corrected chi connectivity index (χ4v) is 1.46. The Morgan fingerprint density at radius 2 is 2.07 bits per heavy atom. The van der Waals surface area contributed by atoms with Crippen LogP contribution in [-0.4, -0.2) is 20.8 Å². The first-order valence-corrected chi connectivity index (χ1v) is 4.63. The van der Waals surface area contributed by atoms with Crippen molar-refractivity contribution in [3.63, 3.8) is 0 Å². The fraction of sp³-hybridized carbons (Fsp3) is 0.455. The summed E-state index contributed by atoms with van der Waals surface area (Å²) in [7, 11) is 3.03. The molecule has 0 fully saturated rings. The first-order valence-electron chi connectivity index (χ1n) is 4.63. The summed E-state index contributed by atoms with van der Waals surface area (Å²) >= 11 is 0. The first kappa shape index (κ1) is 11.9. The Hall–Kier alpha value is -1.13. The molecule has 0 aromatic heterocycles. The van der Waals surface area contributed by atoms with Gasteiger partial charge in [-0.05, 0) is 13.0 Å². The van der Waals surface area contributed by atoms with Crippen LogP contribution in [0.15, 0.2) is 18.2 Å². The number of methoxy groups -OCH3 is 2. The summed E-state index contributed by atoms with van der Waals surface area (Å²) in [6.45, 7) is 1.98. The molecule has 1 rings (SSSR count). The molecule has 1 aromatic rings. The lowest BCUT2D eigenvalue weighted by molar-refractivity contribution is 0.139. The highest BCUT2D eigenvalue weighted by Gasteiger charge is 2.24. The van der Waals surface area contributed by atoms with Crippen LogP contribution in [0, 0.1) is 5.82 Å². The van der Waals surface area contributed by atoms with Gasteiger partial charge >= 0.3 is 0 Å². The minimum atomic E-state index is -0.828. The third-order valence-electron chi connectivity index (χ3n) is 2.24. The van der Waals surface area contributed by atoms with Crippen molar-refractivity contribution in [1.82, 2.24) is 0 Å². The third kappa shape index (κ3) is 2.67. The van der Waals surface area contributed by atoms with Gasteiger partial charge in [-0.3, -0.25) is 0 Å². The molecule has 1 aromatic carbocycles. The van der Waals surface area contributed by atoms with Gasteiger partial charge in [-0.15, -0.1) is 0 Å². The van der Waals surface area contributed by atoms with Gasteiger partial charge < -0.3 is 15.2 Å². The molecule has 1 unspecified atom stereocenters. The van der Waals surface area contributed by atoms with Crippen molar-refractivity contribution >= 4 is 0 Å². The maximum absolute atomic E-state index is 13.6. The van der Waals surface area contributed by atoms with Crippen LogP contribution in [0.5, 0.6) is 5.75 Å². The van der Waals surface area contributed by atoms with Crippen molar-refractivity contribution in [1.29, 1.82) is 0 Å². The summed E-state index contributed by atoms with van der Waals surface area (Å²) in [4.78, 5) is 0. The average Bonchev–Trinajstić information content (AvgIpc) is 2.17. The van der Waals surface area contributed by atoms with Crippen molar-refractivity contribution in [3.8, 4) is 5.75 Å². The van der Waals surface area contributed by atoms with Crippen molar-refractivity contribution in [2.75, 3.05) is 20.8 Å². The maximum Gasteiger partial charge on any atom is 0.132 e. The van der Waals surface area contributed by atoms with E-state index in [9.17, 15) is 4.39 Å². The van der Waals surface area contributed by atoms with Gasteiger partial charge in [0.15, 0.2) is 0 Å². The highest BCUT2D eigenvalue weighted by molar-refractivity contribution is 5.33. The Labute approximate surface area is 89.0 Å². The van der Waals surface area contributed by atoms with Crippen LogP contribution in [0.1, 0.15) is 12.5 Å². The van der Waals surface area contributed by atoms with Gasteiger partial charge in [-0.25, -0.2) is 4.39 Å². The zero-order valence-corrected chi connectivity index (χ0v) is 9.21. The lowest BCUT2D eigenvalue weighted by Crippen LogP contribution is -2.38. The largest absolute Gasteiger partial charge is 0.497 e. The highest BCUT2D eigenvalue weighted by Crippen LogP contribution is 2.24. The summed E-state index contributed by atoms with van der Waals surface area (Å²) in [5.41, 5.74) is 5.53. The molecule has 0 aliphatic carbocycles. The van der Waals surface area contributed by atoms with Crippen LogP contribution in [0.2, 0.25) is 0 Å². The summed E-state index contributed by atoms with van der Waals surface area (Å²) in [5, 5.41) is 0. The van der Waals surface area contributed by atoms with E-state index < -0.39 is 5.54 Å². The summed E-state index contributed by atoms with van der Waals surface area (Å²) < 4.78 is 23.5. The van der Waals surface area contributed by atoms with Gasteiger partial charge in [0.1, 0.15) is 11.6 Å². The zero-order chi connectivity index (χ0) is 11.5. The predicted molar refractivity (Wildman–Crippen MR) is 56.4 cm³/mol. The number of benzene rings is 1. The van der Waals surface area contributed by atoms with Crippen molar-refractivity contribution in [2.24, 2.45) is 5.73 Å². The number of ether oxygens (including phenoxy) is 2. The van der Waals surface area contributed by atoms with Crippen LogP contribution >= 0.6 is 0 Å². The summed E-state index contributed by atoms with van der Waals surface area (Å²) in [6, 6.07) is 4.61. The highest BCUT2D eigenvalue weighted by atomic mass is 19.1. The topological polar surface area (TPSA) is 44.5 Å². The molecule has 0 spiro atoms. The van der Waals surface area contributed by atoms with E-state index in [0.29, 0.717) is 11.3 Å². The Morgan fingerprint density at radius 1 is 1.40 bits per heavy atom. The van der Waals surface area contributed by atoms with E-state index in [0.717, 1.165) is 0 Å². The molecular weight excluding hydrogens is 197 g/mol. The number of rotatable bonds is 4. The molecule has 2 N–H and O–H groups in total. The minimum absolute atomic E-state index is 0.260. The average molecular weight is 213 g/mol. The number of hydrogen-bond acceptors (Lipinski definition) is 3. The number of nitrogens with two attached hydrogens (primary N) is 1. The second kappa shape index (κ2) is 4.59. The molecule has 0 saturated carbocycles. The minimum Gasteiger partial charge on any atom is -0.497 e. The standard InChI is InChI=1S/C11H16FNO2/c1-11(13,7-14-2)9-5-4-8(15-3)6-10(9)12/h4-6H,7,13H2,1-3H3. The summed E-state index contributed by atoms with van der Waals surface area (Å²) in [6.07, 6.45) is 0. The van der Waals surface area contributed by atoms with Gasteiger partial charge in [-0.2, -0.15) is 0 Å². The lowest BCUT2D eigenvalue weighted by Gasteiger charge is -2.24. The Bertz CT molecular complexity index is 339. The van der Waals surface area contributed by atoms with Crippen LogP contribution in [0.4, 0.5) is 4.39 Å². The second-order valence-corrected chi connectivity index (χ2v) is 3.70.